The van der Waals surface area contributed by atoms with Gasteiger partial charge in [-0.25, -0.2) is 4.79 Å². The Kier molecular flexibility index (Phi) is 3.81. The fraction of sp³-hybridized carbons (Fsp3) is 0.714. The Morgan fingerprint density at radius 3 is 2.00 bits per heavy atom. The lowest BCUT2D eigenvalue weighted by atomic mass is 10.1. The number of esters is 1. The normalized spacial score (nSPS) is 13.1. The average Bonchev–Trinajstić information content (AvgIpc) is 2.17. The van der Waals surface area contributed by atoms with Crippen molar-refractivity contribution in [3.05, 3.63) is 0 Å². The summed E-state index contributed by atoms with van der Waals surface area (Å²) in [4.78, 5) is 10.4. The van der Waals surface area contributed by atoms with E-state index in [-0.39, 0.29) is 6.07 Å². The minimum Gasteiger partial charge on any atom is -0.461 e. The molecule has 0 aliphatic rings. The number of ether oxygens (including phenoxy) is 1. The summed E-state index contributed by atoms with van der Waals surface area (Å²) in [6.45, 7) is 0.331. The highest BCUT2D eigenvalue weighted by Gasteiger charge is 2.76. The van der Waals surface area contributed by atoms with Crippen LogP contribution >= 0.6 is 0 Å². The standard InChI is InChI=1S/C7H5F6NO2/c1-2-16-4(15)6(10,11)7(12,13)5(8,9)3-14/h2H2,1H3. The van der Waals surface area contributed by atoms with E-state index in [0.29, 0.717) is 0 Å². The Morgan fingerprint density at radius 1 is 1.25 bits per heavy atom. The maximum Gasteiger partial charge on any atom is 0.411 e. The molecule has 0 saturated carbocycles. The Morgan fingerprint density at radius 2 is 1.69 bits per heavy atom. The van der Waals surface area contributed by atoms with Crippen LogP contribution in [0.15, 0.2) is 0 Å². The van der Waals surface area contributed by atoms with Crippen LogP contribution in [0.5, 0.6) is 0 Å². The zero-order chi connectivity index (χ0) is 13.2. The van der Waals surface area contributed by atoms with Gasteiger partial charge in [0, 0.05) is 0 Å². The number of carbonyl (C=O) groups excluding carboxylic acids is 1. The summed E-state index contributed by atoms with van der Waals surface area (Å²) < 4.78 is 78.3. The van der Waals surface area contributed by atoms with Crippen molar-refractivity contribution in [3.8, 4) is 6.07 Å². The van der Waals surface area contributed by atoms with Crippen LogP contribution in [0.2, 0.25) is 0 Å². The number of hydrogen-bond acceptors (Lipinski definition) is 3. The van der Waals surface area contributed by atoms with Gasteiger partial charge >= 0.3 is 23.7 Å². The number of hydrogen-bond donors (Lipinski definition) is 0. The second-order valence-corrected chi connectivity index (χ2v) is 2.56. The van der Waals surface area contributed by atoms with Crippen LogP contribution in [0, 0.1) is 11.3 Å². The van der Waals surface area contributed by atoms with Crippen molar-refractivity contribution in [3.63, 3.8) is 0 Å². The number of carbonyl (C=O) groups is 1. The van der Waals surface area contributed by atoms with E-state index >= 15 is 0 Å². The van der Waals surface area contributed by atoms with Gasteiger partial charge in [-0.2, -0.15) is 31.6 Å². The fourth-order valence-corrected chi connectivity index (χ4v) is 0.617. The van der Waals surface area contributed by atoms with Crippen LogP contribution in [0.4, 0.5) is 26.3 Å². The highest BCUT2D eigenvalue weighted by atomic mass is 19.3. The van der Waals surface area contributed by atoms with E-state index in [1.807, 2.05) is 0 Å². The van der Waals surface area contributed by atoms with Crippen molar-refractivity contribution in [2.45, 2.75) is 24.7 Å². The molecule has 0 aromatic heterocycles. The van der Waals surface area contributed by atoms with Gasteiger partial charge in [-0.05, 0) is 6.92 Å². The predicted octanol–water partition coefficient (Wildman–Crippen LogP) is 1.98. The number of rotatable bonds is 4. The third-order valence-corrected chi connectivity index (χ3v) is 1.46. The first-order valence-corrected chi connectivity index (χ1v) is 3.76. The third kappa shape index (κ3) is 2.05. The molecule has 3 nitrogen and oxygen atoms in total. The summed E-state index contributed by atoms with van der Waals surface area (Å²) in [7, 11) is 0. The molecule has 0 aromatic carbocycles. The molecule has 0 aliphatic carbocycles. The van der Waals surface area contributed by atoms with Crippen molar-refractivity contribution in [1.82, 2.24) is 0 Å². The van der Waals surface area contributed by atoms with Crippen molar-refractivity contribution in [2.24, 2.45) is 0 Å². The smallest absolute Gasteiger partial charge is 0.411 e. The molecule has 16 heavy (non-hydrogen) atoms. The zero-order valence-corrected chi connectivity index (χ0v) is 7.74. The third-order valence-electron chi connectivity index (χ3n) is 1.46. The maximum atomic E-state index is 12.6. The van der Waals surface area contributed by atoms with E-state index < -0.39 is 30.3 Å². The second kappa shape index (κ2) is 4.19. The first kappa shape index (κ1) is 14.5. The van der Waals surface area contributed by atoms with Crippen molar-refractivity contribution in [2.75, 3.05) is 6.61 Å². The van der Waals surface area contributed by atoms with E-state index in [4.69, 9.17) is 5.26 Å². The van der Waals surface area contributed by atoms with Gasteiger partial charge in [-0.3, -0.25) is 0 Å². The molecule has 0 N–H and O–H groups in total. The quantitative estimate of drug-likeness (QED) is 0.565. The molecule has 92 valence electrons. The highest BCUT2D eigenvalue weighted by molar-refractivity contribution is 5.79. The molecular weight excluding hydrogens is 244 g/mol. The van der Waals surface area contributed by atoms with Gasteiger partial charge in [-0.1, -0.05) is 0 Å². The van der Waals surface area contributed by atoms with Crippen LogP contribution in [-0.4, -0.2) is 30.3 Å². The van der Waals surface area contributed by atoms with Crippen LogP contribution in [-0.2, 0) is 9.53 Å². The molecule has 0 spiro atoms. The summed E-state index contributed by atoms with van der Waals surface area (Å²) in [5, 5.41) is 7.64. The molecule has 0 amide bonds. The van der Waals surface area contributed by atoms with E-state index in [1.54, 1.807) is 0 Å². The van der Waals surface area contributed by atoms with E-state index in [1.165, 1.54) is 0 Å². The lowest BCUT2D eigenvalue weighted by Gasteiger charge is -2.27. The molecule has 0 fully saturated rings. The molecule has 0 aliphatic heterocycles. The molecular formula is C7H5F6NO2. The fourth-order valence-electron chi connectivity index (χ4n) is 0.617. The van der Waals surface area contributed by atoms with E-state index in [9.17, 15) is 31.1 Å². The topological polar surface area (TPSA) is 50.1 Å². The molecule has 0 bridgehead atoms. The molecule has 9 heteroatoms. The van der Waals surface area contributed by atoms with Gasteiger partial charge < -0.3 is 4.74 Å². The first-order chi connectivity index (χ1) is 7.04. The summed E-state index contributed by atoms with van der Waals surface area (Å²) in [5.41, 5.74) is 0. The van der Waals surface area contributed by atoms with Gasteiger partial charge in [0.2, 0.25) is 0 Å². The lowest BCUT2D eigenvalue weighted by molar-refractivity contribution is -0.287. The minimum absolute atomic E-state index is 0.286. The van der Waals surface area contributed by atoms with Crippen LogP contribution in [0.1, 0.15) is 6.92 Å². The Balaban J connectivity index is 5.31. The number of halogens is 6. The number of alkyl halides is 6. The summed E-state index contributed by atoms with van der Waals surface area (Å²) >= 11 is 0. The maximum absolute atomic E-state index is 12.6. The summed E-state index contributed by atoms with van der Waals surface area (Å²) in [5.74, 6) is -20.4. The largest absolute Gasteiger partial charge is 0.461 e. The zero-order valence-electron chi connectivity index (χ0n) is 7.74. The number of nitrogens with zero attached hydrogens (tertiary/aromatic N) is 1. The molecule has 0 rings (SSSR count). The van der Waals surface area contributed by atoms with Crippen LogP contribution < -0.4 is 0 Å². The lowest BCUT2D eigenvalue weighted by Crippen LogP contribution is -2.57. The summed E-state index contributed by atoms with van der Waals surface area (Å²) in [6, 6.07) is -0.286. The summed E-state index contributed by atoms with van der Waals surface area (Å²) in [6.07, 6.45) is 0. The van der Waals surface area contributed by atoms with Gasteiger partial charge in [-0.15, -0.1) is 0 Å². The van der Waals surface area contributed by atoms with E-state index in [0.717, 1.165) is 6.92 Å². The Bertz CT molecular complexity index is 321. The molecule has 0 saturated heterocycles. The van der Waals surface area contributed by atoms with Gasteiger partial charge in [0.25, 0.3) is 0 Å². The Labute approximate surface area is 85.6 Å². The molecule has 0 radical (unpaired) electrons. The Hall–Kier alpha value is -1.46. The average molecular weight is 249 g/mol. The second-order valence-electron chi connectivity index (χ2n) is 2.56. The van der Waals surface area contributed by atoms with Crippen LogP contribution in [0.3, 0.4) is 0 Å². The van der Waals surface area contributed by atoms with E-state index in [2.05, 4.69) is 4.74 Å². The molecule has 0 atom stereocenters. The molecule has 0 heterocycles. The van der Waals surface area contributed by atoms with Crippen molar-refractivity contribution in [1.29, 1.82) is 5.26 Å². The molecule has 0 aromatic rings. The predicted molar refractivity (Wildman–Crippen MR) is 37.1 cm³/mol. The van der Waals surface area contributed by atoms with Crippen LogP contribution in [0.25, 0.3) is 0 Å². The molecule has 0 unspecified atom stereocenters. The monoisotopic (exact) mass is 249 g/mol. The number of nitriles is 1. The highest BCUT2D eigenvalue weighted by Crippen LogP contribution is 2.45. The van der Waals surface area contributed by atoms with Crippen molar-refractivity contribution < 1.29 is 35.9 Å². The first-order valence-electron chi connectivity index (χ1n) is 3.76. The van der Waals surface area contributed by atoms with Gasteiger partial charge in [0.05, 0.1) is 6.61 Å². The van der Waals surface area contributed by atoms with Crippen molar-refractivity contribution >= 4 is 5.97 Å². The van der Waals surface area contributed by atoms with Gasteiger partial charge in [0.15, 0.2) is 0 Å². The van der Waals surface area contributed by atoms with Gasteiger partial charge in [0.1, 0.15) is 6.07 Å². The SMILES string of the molecule is CCOC(=O)C(F)(F)C(F)(F)C(F)(F)C#N. The minimum atomic E-state index is -6.14.